The number of hydrogen-bond acceptors (Lipinski definition) is 5. The summed E-state index contributed by atoms with van der Waals surface area (Å²) >= 11 is 0. The number of nitrogens with zero attached hydrogens (tertiary/aromatic N) is 1. The predicted octanol–water partition coefficient (Wildman–Crippen LogP) is 2.53. The molecule has 10 heteroatoms. The van der Waals surface area contributed by atoms with E-state index in [9.17, 15) is 22.8 Å². The second-order valence-electron chi connectivity index (χ2n) is 4.41. The molecular formula is C13H12F3N3O4. The number of ether oxygens (including phenoxy) is 1. The number of carbonyl (C=O) groups is 2. The van der Waals surface area contributed by atoms with E-state index in [-0.39, 0.29) is 29.8 Å². The Morgan fingerprint density at radius 1 is 1.35 bits per heavy atom. The second kappa shape index (κ2) is 6.55. The van der Waals surface area contributed by atoms with Crippen molar-refractivity contribution in [3.8, 4) is 0 Å². The lowest BCUT2D eigenvalue weighted by Gasteiger charge is -2.06. The average molecular weight is 331 g/mol. The number of amides is 2. The fraction of sp³-hybridized carbons (Fsp3) is 0.308. The smallest absolute Gasteiger partial charge is 0.468 e. The Labute approximate surface area is 127 Å². The van der Waals surface area contributed by atoms with Gasteiger partial charge < -0.3 is 19.8 Å². The highest BCUT2D eigenvalue weighted by Gasteiger charge is 2.37. The van der Waals surface area contributed by atoms with Crippen LogP contribution < -0.4 is 10.6 Å². The number of benzene rings is 1. The summed E-state index contributed by atoms with van der Waals surface area (Å²) in [5, 5.41) is 4.81. The molecule has 7 nitrogen and oxygen atoms in total. The van der Waals surface area contributed by atoms with Crippen molar-refractivity contribution in [2.45, 2.75) is 12.6 Å². The van der Waals surface area contributed by atoms with Gasteiger partial charge in [0.1, 0.15) is 5.52 Å². The second-order valence-corrected chi connectivity index (χ2v) is 4.41. The number of hydrogen-bond donors (Lipinski definition) is 2. The average Bonchev–Trinajstić information content (AvgIpc) is 2.90. The van der Waals surface area contributed by atoms with Crippen LogP contribution in [0.5, 0.6) is 0 Å². The van der Waals surface area contributed by atoms with E-state index in [1.165, 1.54) is 25.3 Å². The van der Waals surface area contributed by atoms with Gasteiger partial charge in [-0.05, 0) is 18.2 Å². The first kappa shape index (κ1) is 16.6. The van der Waals surface area contributed by atoms with Crippen LogP contribution in [0.4, 0.5) is 23.7 Å². The Balaban J connectivity index is 2.00. The molecule has 1 aromatic carbocycles. The lowest BCUT2D eigenvalue weighted by molar-refractivity contribution is -0.156. The van der Waals surface area contributed by atoms with E-state index in [0.717, 1.165) is 0 Å². The number of fused-ring (bicyclic) bond motifs is 1. The first-order chi connectivity index (χ1) is 10.8. The lowest BCUT2D eigenvalue weighted by Crippen LogP contribution is -2.30. The van der Waals surface area contributed by atoms with Crippen molar-refractivity contribution in [1.82, 2.24) is 10.3 Å². The van der Waals surface area contributed by atoms with Gasteiger partial charge in [-0.25, -0.2) is 9.78 Å². The monoisotopic (exact) mass is 331 g/mol. The molecule has 0 aliphatic heterocycles. The van der Waals surface area contributed by atoms with E-state index < -0.39 is 24.1 Å². The Morgan fingerprint density at radius 2 is 2.09 bits per heavy atom. The molecule has 124 valence electrons. The summed E-state index contributed by atoms with van der Waals surface area (Å²) < 4.78 is 46.5. The van der Waals surface area contributed by atoms with Gasteiger partial charge in [0.15, 0.2) is 5.58 Å². The van der Waals surface area contributed by atoms with Gasteiger partial charge in [0.2, 0.25) is 0 Å². The zero-order chi connectivity index (χ0) is 17.0. The topological polar surface area (TPSA) is 93.5 Å². The van der Waals surface area contributed by atoms with Gasteiger partial charge in [-0.2, -0.15) is 13.2 Å². The van der Waals surface area contributed by atoms with Crippen molar-refractivity contribution in [2.75, 3.05) is 19.0 Å². The molecule has 0 unspecified atom stereocenters. The molecule has 23 heavy (non-hydrogen) atoms. The zero-order valence-electron chi connectivity index (χ0n) is 11.9. The fourth-order valence-corrected chi connectivity index (χ4v) is 1.68. The first-order valence-electron chi connectivity index (χ1n) is 6.39. The fourth-order valence-electron chi connectivity index (χ4n) is 1.68. The van der Waals surface area contributed by atoms with E-state index in [4.69, 9.17) is 0 Å². The summed E-state index contributed by atoms with van der Waals surface area (Å²) in [6.07, 6.45) is -4.68. The minimum Gasteiger partial charge on any atom is -0.469 e. The van der Waals surface area contributed by atoms with Gasteiger partial charge in [0.25, 0.3) is 0 Å². The molecule has 0 radical (unpaired) electrons. The minimum atomic E-state index is -4.68. The van der Waals surface area contributed by atoms with Crippen molar-refractivity contribution in [1.29, 1.82) is 0 Å². The van der Waals surface area contributed by atoms with E-state index in [1.54, 1.807) is 0 Å². The maximum absolute atomic E-state index is 12.5. The van der Waals surface area contributed by atoms with E-state index >= 15 is 0 Å². The number of rotatable bonds is 4. The summed E-state index contributed by atoms with van der Waals surface area (Å²) in [5.41, 5.74) is 0.147. The predicted molar refractivity (Wildman–Crippen MR) is 72.7 cm³/mol. The van der Waals surface area contributed by atoms with Gasteiger partial charge in [0.05, 0.1) is 13.5 Å². The number of nitrogens with one attached hydrogen (secondary N) is 2. The van der Waals surface area contributed by atoms with Gasteiger partial charge in [-0.15, -0.1) is 0 Å². The summed E-state index contributed by atoms with van der Waals surface area (Å²) in [6, 6.07) is 3.26. The number of methoxy groups -OCH3 is 1. The normalized spacial score (nSPS) is 11.3. The van der Waals surface area contributed by atoms with E-state index in [1.807, 2.05) is 0 Å². The van der Waals surface area contributed by atoms with Crippen LogP contribution >= 0.6 is 0 Å². The highest BCUT2D eigenvalue weighted by molar-refractivity contribution is 5.91. The van der Waals surface area contributed by atoms with Crippen LogP contribution in [0, 0.1) is 0 Å². The van der Waals surface area contributed by atoms with Crippen molar-refractivity contribution in [3.05, 3.63) is 24.1 Å². The molecular weight excluding hydrogens is 319 g/mol. The zero-order valence-corrected chi connectivity index (χ0v) is 11.9. The van der Waals surface area contributed by atoms with Crippen molar-refractivity contribution < 1.29 is 31.9 Å². The van der Waals surface area contributed by atoms with E-state index in [0.29, 0.717) is 0 Å². The van der Waals surface area contributed by atoms with Crippen LogP contribution in [0.25, 0.3) is 11.1 Å². The number of oxazole rings is 1. The molecule has 2 aromatic rings. The molecule has 0 aliphatic carbocycles. The van der Waals surface area contributed by atoms with Crippen molar-refractivity contribution in [2.24, 2.45) is 0 Å². The van der Waals surface area contributed by atoms with Gasteiger partial charge in [0, 0.05) is 12.2 Å². The SMILES string of the molecule is COC(=O)CCNC(=O)Nc1ccc2oc(C(F)(F)F)nc2c1. The van der Waals surface area contributed by atoms with Crippen molar-refractivity contribution in [3.63, 3.8) is 0 Å². The standard InChI is InChI=1S/C13H12F3N3O4/c1-22-10(20)4-5-17-12(21)18-7-2-3-9-8(6-7)19-11(23-9)13(14,15)16/h2-3,6H,4-5H2,1H3,(H2,17,18,21). The third-order valence-electron chi connectivity index (χ3n) is 2.73. The van der Waals surface area contributed by atoms with Crippen LogP contribution in [-0.2, 0) is 15.7 Å². The molecule has 0 saturated carbocycles. The third kappa shape index (κ3) is 4.34. The molecule has 0 aliphatic rings. The molecule has 1 heterocycles. The number of urea groups is 1. The number of esters is 1. The Morgan fingerprint density at radius 3 is 2.74 bits per heavy atom. The molecule has 0 bridgehead atoms. The molecule has 1 aromatic heterocycles. The van der Waals surface area contributed by atoms with Gasteiger partial charge >= 0.3 is 24.1 Å². The van der Waals surface area contributed by atoms with Crippen LogP contribution in [0.2, 0.25) is 0 Å². The summed E-state index contributed by atoms with van der Waals surface area (Å²) in [5.74, 6) is -1.83. The Kier molecular flexibility index (Phi) is 4.72. The summed E-state index contributed by atoms with van der Waals surface area (Å²) in [7, 11) is 1.23. The number of alkyl halides is 3. The Hall–Kier alpha value is -2.78. The summed E-state index contributed by atoms with van der Waals surface area (Å²) in [6.45, 7) is 0.0585. The maximum atomic E-state index is 12.5. The Bertz CT molecular complexity index is 727. The molecule has 2 N–H and O–H groups in total. The molecule has 2 rings (SSSR count). The number of halogens is 3. The van der Waals surface area contributed by atoms with Crippen LogP contribution in [0.1, 0.15) is 12.3 Å². The molecule has 0 atom stereocenters. The van der Waals surface area contributed by atoms with Crippen LogP contribution in [0.15, 0.2) is 22.6 Å². The summed E-state index contributed by atoms with van der Waals surface area (Å²) in [4.78, 5) is 25.8. The van der Waals surface area contributed by atoms with E-state index in [2.05, 4.69) is 24.8 Å². The number of carbonyl (C=O) groups excluding carboxylic acids is 2. The molecule has 0 fully saturated rings. The number of aromatic nitrogens is 1. The highest BCUT2D eigenvalue weighted by Crippen LogP contribution is 2.31. The highest BCUT2D eigenvalue weighted by atomic mass is 19.4. The maximum Gasteiger partial charge on any atom is 0.468 e. The largest absolute Gasteiger partial charge is 0.469 e. The van der Waals surface area contributed by atoms with Crippen molar-refractivity contribution >= 4 is 28.8 Å². The quantitative estimate of drug-likeness (QED) is 0.840. The van der Waals surface area contributed by atoms with Gasteiger partial charge in [-0.1, -0.05) is 0 Å². The van der Waals surface area contributed by atoms with Gasteiger partial charge in [-0.3, -0.25) is 4.79 Å². The molecule has 2 amide bonds. The first-order valence-corrected chi connectivity index (χ1v) is 6.39. The van der Waals surface area contributed by atoms with Crippen LogP contribution in [0.3, 0.4) is 0 Å². The molecule has 0 spiro atoms. The lowest BCUT2D eigenvalue weighted by atomic mass is 10.3. The third-order valence-corrected chi connectivity index (χ3v) is 2.73. The van der Waals surface area contributed by atoms with Crippen LogP contribution in [-0.4, -0.2) is 30.6 Å². The molecule has 0 saturated heterocycles. The number of anilines is 1. The minimum absolute atomic E-state index is 0.00117.